The lowest BCUT2D eigenvalue weighted by Gasteiger charge is -2.16. The van der Waals surface area contributed by atoms with Crippen molar-refractivity contribution in [1.29, 1.82) is 0 Å². The fourth-order valence-electron chi connectivity index (χ4n) is 2.45. The van der Waals surface area contributed by atoms with Gasteiger partial charge in [0.1, 0.15) is 0 Å². The van der Waals surface area contributed by atoms with Gasteiger partial charge in [-0.05, 0) is 12.5 Å². The van der Waals surface area contributed by atoms with Crippen LogP contribution in [0.2, 0.25) is 0 Å². The highest BCUT2D eigenvalue weighted by atomic mass is 32.2. The van der Waals surface area contributed by atoms with Gasteiger partial charge in [0, 0.05) is 24.5 Å². The fourth-order valence-corrected chi connectivity index (χ4v) is 3.17. The van der Waals surface area contributed by atoms with Crippen LogP contribution in [0.1, 0.15) is 35.8 Å². The number of benzene rings is 1. The van der Waals surface area contributed by atoms with Crippen LogP contribution >= 0.6 is 11.8 Å². The van der Waals surface area contributed by atoms with E-state index in [1.807, 2.05) is 0 Å². The van der Waals surface area contributed by atoms with E-state index in [2.05, 4.69) is 46.7 Å². The van der Waals surface area contributed by atoms with E-state index in [0.717, 1.165) is 24.5 Å². The van der Waals surface area contributed by atoms with Crippen molar-refractivity contribution in [1.82, 2.24) is 10.2 Å². The Morgan fingerprint density at radius 2 is 1.95 bits per heavy atom. The fraction of sp³-hybridized carbons (Fsp3) is 0.467. The van der Waals surface area contributed by atoms with E-state index in [0.29, 0.717) is 11.1 Å². The van der Waals surface area contributed by atoms with Gasteiger partial charge in [-0.15, -0.1) is 10.2 Å². The monoisotopic (exact) mass is 290 g/mol. The summed E-state index contributed by atoms with van der Waals surface area (Å²) in [6.45, 7) is 4.43. The molecule has 1 aliphatic rings. The molecular weight excluding hydrogens is 270 g/mol. The summed E-state index contributed by atoms with van der Waals surface area (Å²) in [5.74, 6) is 2.16. The highest BCUT2D eigenvalue weighted by Crippen LogP contribution is 2.27. The number of nitrogens with zero attached hydrogens (tertiary/aromatic N) is 2. The molecule has 0 unspecified atom stereocenters. The number of thioether (sulfide) groups is 1. The Labute approximate surface area is 123 Å². The second-order valence-electron chi connectivity index (χ2n) is 5.32. The predicted molar refractivity (Wildman–Crippen MR) is 78.7 cm³/mol. The Bertz CT molecular complexity index is 547. The minimum atomic E-state index is 0.459. The van der Waals surface area contributed by atoms with Crippen molar-refractivity contribution in [3.8, 4) is 0 Å². The van der Waals surface area contributed by atoms with E-state index in [1.54, 1.807) is 11.8 Å². The number of aromatic nitrogens is 2. The SMILES string of the molecule is Cc1ccc(CSc2nnc(C3CC[NH2+]CC3)o2)cc1. The van der Waals surface area contributed by atoms with Crippen LogP contribution in [0.3, 0.4) is 0 Å². The van der Waals surface area contributed by atoms with E-state index >= 15 is 0 Å². The van der Waals surface area contributed by atoms with Crippen molar-refractivity contribution in [3.05, 3.63) is 41.3 Å². The summed E-state index contributed by atoms with van der Waals surface area (Å²) in [4.78, 5) is 0. The van der Waals surface area contributed by atoms with Crippen molar-refractivity contribution >= 4 is 11.8 Å². The Morgan fingerprint density at radius 1 is 1.20 bits per heavy atom. The molecule has 2 heterocycles. The highest BCUT2D eigenvalue weighted by molar-refractivity contribution is 7.98. The van der Waals surface area contributed by atoms with Crippen molar-refractivity contribution < 1.29 is 9.73 Å². The summed E-state index contributed by atoms with van der Waals surface area (Å²) >= 11 is 1.62. The van der Waals surface area contributed by atoms with Gasteiger partial charge in [0.25, 0.3) is 5.22 Å². The standard InChI is InChI=1S/C15H19N3OS/c1-11-2-4-12(5-3-11)10-20-15-18-17-14(19-15)13-6-8-16-9-7-13/h2-5,13,16H,6-10H2,1H3/p+1. The molecule has 0 amide bonds. The van der Waals surface area contributed by atoms with Gasteiger partial charge in [-0.25, -0.2) is 0 Å². The molecule has 3 rings (SSSR count). The zero-order chi connectivity index (χ0) is 13.8. The Balaban J connectivity index is 1.58. The van der Waals surface area contributed by atoms with Gasteiger partial charge < -0.3 is 9.73 Å². The molecule has 2 aromatic rings. The molecule has 1 saturated heterocycles. The zero-order valence-corrected chi connectivity index (χ0v) is 12.5. The van der Waals surface area contributed by atoms with Crippen LogP contribution in [0.25, 0.3) is 0 Å². The van der Waals surface area contributed by atoms with Crippen LogP contribution in [-0.4, -0.2) is 23.3 Å². The first-order valence-electron chi connectivity index (χ1n) is 7.14. The summed E-state index contributed by atoms with van der Waals surface area (Å²) < 4.78 is 5.80. The van der Waals surface area contributed by atoms with Crippen LogP contribution in [-0.2, 0) is 5.75 Å². The van der Waals surface area contributed by atoms with E-state index < -0.39 is 0 Å². The first kappa shape index (κ1) is 13.6. The molecule has 0 saturated carbocycles. The number of piperidine rings is 1. The van der Waals surface area contributed by atoms with Gasteiger partial charge in [0.15, 0.2) is 0 Å². The van der Waals surface area contributed by atoms with Gasteiger partial charge in [0.05, 0.1) is 13.1 Å². The third kappa shape index (κ3) is 3.41. The zero-order valence-electron chi connectivity index (χ0n) is 11.7. The molecule has 1 aromatic heterocycles. The molecule has 5 heteroatoms. The number of hydrogen-bond donors (Lipinski definition) is 1. The number of rotatable bonds is 4. The van der Waals surface area contributed by atoms with Crippen molar-refractivity contribution in [2.45, 2.75) is 36.7 Å². The number of hydrogen-bond acceptors (Lipinski definition) is 4. The normalized spacial score (nSPS) is 16.4. The smallest absolute Gasteiger partial charge is 0.276 e. The van der Waals surface area contributed by atoms with Crippen molar-refractivity contribution in [2.24, 2.45) is 0 Å². The second kappa shape index (κ2) is 6.41. The van der Waals surface area contributed by atoms with E-state index in [4.69, 9.17) is 4.42 Å². The second-order valence-corrected chi connectivity index (χ2v) is 6.25. The average molecular weight is 290 g/mol. The van der Waals surface area contributed by atoms with E-state index in [-0.39, 0.29) is 0 Å². The first-order chi connectivity index (χ1) is 9.81. The van der Waals surface area contributed by atoms with Crippen molar-refractivity contribution in [2.75, 3.05) is 13.1 Å². The molecule has 1 aromatic carbocycles. The molecule has 20 heavy (non-hydrogen) atoms. The average Bonchev–Trinajstić information content (AvgIpc) is 2.97. The Kier molecular flexibility index (Phi) is 4.38. The molecular formula is C15H20N3OS+. The van der Waals surface area contributed by atoms with Gasteiger partial charge in [-0.2, -0.15) is 0 Å². The summed E-state index contributed by atoms with van der Waals surface area (Å²) in [5.41, 5.74) is 2.57. The maximum Gasteiger partial charge on any atom is 0.276 e. The van der Waals surface area contributed by atoms with Gasteiger partial charge in [0.2, 0.25) is 5.89 Å². The van der Waals surface area contributed by atoms with Crippen molar-refractivity contribution in [3.63, 3.8) is 0 Å². The summed E-state index contributed by atoms with van der Waals surface area (Å²) in [6, 6.07) is 8.56. The molecule has 0 spiro atoms. The van der Waals surface area contributed by atoms with E-state index in [1.165, 1.54) is 24.2 Å². The third-order valence-electron chi connectivity index (χ3n) is 3.69. The summed E-state index contributed by atoms with van der Waals surface area (Å²) in [5, 5.41) is 11.4. The van der Waals surface area contributed by atoms with Gasteiger partial charge in [-0.3, -0.25) is 0 Å². The lowest BCUT2D eigenvalue weighted by atomic mass is 9.98. The number of aryl methyl sites for hydroxylation is 1. The van der Waals surface area contributed by atoms with Crippen LogP contribution in [0, 0.1) is 6.92 Å². The highest BCUT2D eigenvalue weighted by Gasteiger charge is 2.23. The molecule has 0 aliphatic carbocycles. The van der Waals surface area contributed by atoms with Gasteiger partial charge >= 0.3 is 0 Å². The predicted octanol–water partition coefficient (Wildman–Crippen LogP) is 2.11. The lowest BCUT2D eigenvalue weighted by molar-refractivity contribution is -0.663. The maximum absolute atomic E-state index is 5.80. The lowest BCUT2D eigenvalue weighted by Crippen LogP contribution is -2.86. The molecule has 1 aliphatic heterocycles. The van der Waals surface area contributed by atoms with Crippen LogP contribution in [0.15, 0.2) is 33.9 Å². The number of quaternary nitrogens is 1. The quantitative estimate of drug-likeness (QED) is 0.876. The summed E-state index contributed by atoms with van der Waals surface area (Å²) in [6.07, 6.45) is 2.29. The first-order valence-corrected chi connectivity index (χ1v) is 8.13. The molecule has 1 fully saturated rings. The van der Waals surface area contributed by atoms with E-state index in [9.17, 15) is 0 Å². The van der Waals surface area contributed by atoms with Crippen LogP contribution in [0.4, 0.5) is 0 Å². The van der Waals surface area contributed by atoms with Gasteiger partial charge in [-0.1, -0.05) is 41.6 Å². The molecule has 0 atom stereocenters. The largest absolute Gasteiger partial charge is 0.416 e. The Morgan fingerprint density at radius 3 is 2.70 bits per heavy atom. The summed E-state index contributed by atoms with van der Waals surface area (Å²) in [7, 11) is 0. The minimum absolute atomic E-state index is 0.459. The van der Waals surface area contributed by atoms with Crippen LogP contribution in [0.5, 0.6) is 0 Å². The maximum atomic E-state index is 5.80. The topological polar surface area (TPSA) is 55.5 Å². The Hall–Kier alpha value is -1.33. The molecule has 0 radical (unpaired) electrons. The third-order valence-corrected chi connectivity index (χ3v) is 4.58. The molecule has 4 nitrogen and oxygen atoms in total. The number of nitrogens with two attached hydrogens (primary N) is 1. The molecule has 106 valence electrons. The molecule has 0 bridgehead atoms. The minimum Gasteiger partial charge on any atom is -0.416 e. The molecule has 2 N–H and O–H groups in total. The van der Waals surface area contributed by atoms with Crippen LogP contribution < -0.4 is 5.32 Å².